The summed E-state index contributed by atoms with van der Waals surface area (Å²) >= 11 is 7.26. The molecule has 8 heteroatoms. The summed E-state index contributed by atoms with van der Waals surface area (Å²) in [7, 11) is 1.60. The number of benzene rings is 2. The van der Waals surface area contributed by atoms with Crippen molar-refractivity contribution in [3.63, 3.8) is 0 Å². The molecular formula is C19H14ClN3O3S. The molecule has 27 heavy (non-hydrogen) atoms. The fraction of sp³-hybridized carbons (Fsp3) is 0.105. The van der Waals surface area contributed by atoms with Crippen LogP contribution >= 0.6 is 23.4 Å². The zero-order valence-electron chi connectivity index (χ0n) is 14.3. The maximum Gasteiger partial charge on any atom is 0.277 e. The average molecular weight is 400 g/mol. The van der Waals surface area contributed by atoms with Crippen molar-refractivity contribution in [2.24, 2.45) is 0 Å². The van der Waals surface area contributed by atoms with Gasteiger partial charge in [-0.1, -0.05) is 35.5 Å². The van der Waals surface area contributed by atoms with Gasteiger partial charge >= 0.3 is 0 Å². The first kappa shape index (κ1) is 17.6. The van der Waals surface area contributed by atoms with Gasteiger partial charge in [-0.15, -0.1) is 10.2 Å². The summed E-state index contributed by atoms with van der Waals surface area (Å²) in [6.07, 6.45) is 1.69. The highest BCUT2D eigenvalue weighted by Gasteiger charge is 2.14. The van der Waals surface area contributed by atoms with Crippen LogP contribution in [0.15, 0.2) is 68.8 Å². The van der Waals surface area contributed by atoms with Crippen molar-refractivity contribution < 1.29 is 13.6 Å². The Balaban J connectivity index is 1.44. The topological polar surface area (TPSA) is 74.2 Å². The number of ether oxygens (including phenoxy) is 1. The molecule has 0 N–H and O–H groups in total. The molecule has 0 fully saturated rings. The van der Waals surface area contributed by atoms with Crippen LogP contribution in [0.4, 0.5) is 0 Å². The van der Waals surface area contributed by atoms with Gasteiger partial charge in [-0.25, -0.2) is 4.98 Å². The fourth-order valence-electron chi connectivity index (χ4n) is 2.45. The molecule has 0 bridgehead atoms. The van der Waals surface area contributed by atoms with E-state index in [0.29, 0.717) is 39.3 Å². The van der Waals surface area contributed by atoms with Crippen molar-refractivity contribution in [2.75, 3.05) is 7.11 Å². The lowest BCUT2D eigenvalue weighted by atomic mass is 10.2. The highest BCUT2D eigenvalue weighted by molar-refractivity contribution is 7.98. The van der Waals surface area contributed by atoms with E-state index in [0.717, 1.165) is 11.1 Å². The molecule has 0 aliphatic heterocycles. The van der Waals surface area contributed by atoms with Crippen molar-refractivity contribution in [3.05, 3.63) is 65.6 Å². The number of halogens is 1. The third kappa shape index (κ3) is 3.99. The second-order valence-electron chi connectivity index (χ2n) is 5.49. The lowest BCUT2D eigenvalue weighted by Gasteiger charge is -2.03. The highest BCUT2D eigenvalue weighted by Crippen LogP contribution is 2.31. The van der Waals surface area contributed by atoms with Crippen LogP contribution in [0.25, 0.3) is 22.8 Å². The van der Waals surface area contributed by atoms with Crippen LogP contribution < -0.4 is 4.74 Å². The van der Waals surface area contributed by atoms with Crippen molar-refractivity contribution in [1.82, 2.24) is 15.2 Å². The SMILES string of the molecule is COc1ccccc1-c1nnc(SCc2ncc(-c3ccc(Cl)cc3)o2)o1. The monoisotopic (exact) mass is 399 g/mol. The van der Waals surface area contributed by atoms with E-state index in [1.54, 1.807) is 13.3 Å². The van der Waals surface area contributed by atoms with Crippen LogP contribution in [0.2, 0.25) is 5.02 Å². The zero-order chi connectivity index (χ0) is 18.6. The largest absolute Gasteiger partial charge is 0.496 e. The van der Waals surface area contributed by atoms with Gasteiger partial charge in [0, 0.05) is 10.6 Å². The van der Waals surface area contributed by atoms with Gasteiger partial charge in [0.2, 0.25) is 5.89 Å². The number of thioether (sulfide) groups is 1. The predicted molar refractivity (Wildman–Crippen MR) is 103 cm³/mol. The Morgan fingerprint density at radius 2 is 1.85 bits per heavy atom. The van der Waals surface area contributed by atoms with E-state index in [9.17, 15) is 0 Å². The average Bonchev–Trinajstić information content (AvgIpc) is 3.36. The maximum atomic E-state index is 5.91. The van der Waals surface area contributed by atoms with Crippen LogP contribution in [-0.4, -0.2) is 22.3 Å². The number of para-hydroxylation sites is 1. The summed E-state index contributed by atoms with van der Waals surface area (Å²) in [5.74, 6) is 2.81. The fourth-order valence-corrected chi connectivity index (χ4v) is 3.19. The third-order valence-corrected chi connectivity index (χ3v) is 4.80. The van der Waals surface area contributed by atoms with Gasteiger partial charge in [-0.2, -0.15) is 0 Å². The molecule has 2 heterocycles. The second kappa shape index (κ2) is 7.85. The highest BCUT2D eigenvalue weighted by atomic mass is 35.5. The molecule has 6 nitrogen and oxygen atoms in total. The third-order valence-electron chi connectivity index (χ3n) is 3.75. The molecule has 0 unspecified atom stereocenters. The molecule has 2 aromatic carbocycles. The first-order valence-corrected chi connectivity index (χ1v) is 9.39. The van der Waals surface area contributed by atoms with Crippen LogP contribution in [0.5, 0.6) is 5.75 Å². The molecule has 0 amide bonds. The van der Waals surface area contributed by atoms with Gasteiger partial charge < -0.3 is 13.6 Å². The van der Waals surface area contributed by atoms with Gasteiger partial charge in [-0.05, 0) is 36.4 Å². The summed E-state index contributed by atoms with van der Waals surface area (Å²) in [6.45, 7) is 0. The first-order valence-electron chi connectivity index (χ1n) is 8.03. The van der Waals surface area contributed by atoms with E-state index in [1.165, 1.54) is 11.8 Å². The Morgan fingerprint density at radius 3 is 2.67 bits per heavy atom. The number of hydrogen-bond donors (Lipinski definition) is 0. The summed E-state index contributed by atoms with van der Waals surface area (Å²) in [5, 5.41) is 9.26. The Kier molecular flexibility index (Phi) is 5.13. The van der Waals surface area contributed by atoms with E-state index < -0.39 is 0 Å². The van der Waals surface area contributed by atoms with E-state index in [2.05, 4.69) is 15.2 Å². The molecule has 0 saturated heterocycles. The normalized spacial score (nSPS) is 10.9. The van der Waals surface area contributed by atoms with Crippen molar-refractivity contribution in [2.45, 2.75) is 11.0 Å². The molecule has 4 rings (SSSR count). The molecule has 0 atom stereocenters. The molecule has 0 saturated carbocycles. The lowest BCUT2D eigenvalue weighted by Crippen LogP contribution is -1.87. The van der Waals surface area contributed by atoms with E-state index in [1.807, 2.05) is 48.5 Å². The second-order valence-corrected chi connectivity index (χ2v) is 6.85. The van der Waals surface area contributed by atoms with Crippen molar-refractivity contribution in [3.8, 4) is 28.5 Å². The molecule has 0 aliphatic rings. The van der Waals surface area contributed by atoms with Crippen LogP contribution in [0, 0.1) is 0 Å². The molecule has 136 valence electrons. The van der Waals surface area contributed by atoms with Gasteiger partial charge in [0.15, 0.2) is 5.76 Å². The molecule has 0 aliphatic carbocycles. The Bertz CT molecular complexity index is 1050. The van der Waals surface area contributed by atoms with Crippen LogP contribution in [0.3, 0.4) is 0 Å². The molecule has 2 aromatic heterocycles. The van der Waals surface area contributed by atoms with Crippen molar-refractivity contribution >= 4 is 23.4 Å². The molecule has 0 radical (unpaired) electrons. The van der Waals surface area contributed by atoms with E-state index >= 15 is 0 Å². The van der Waals surface area contributed by atoms with Gasteiger partial charge in [0.1, 0.15) is 5.75 Å². The minimum absolute atomic E-state index is 0.407. The number of nitrogens with zero attached hydrogens (tertiary/aromatic N) is 3. The number of rotatable bonds is 6. The summed E-state index contributed by atoms with van der Waals surface area (Å²) in [5.41, 5.74) is 1.67. The summed E-state index contributed by atoms with van der Waals surface area (Å²) < 4.78 is 16.8. The minimum atomic E-state index is 0.407. The number of oxazole rings is 1. The Hall–Kier alpha value is -2.77. The Morgan fingerprint density at radius 1 is 1.04 bits per heavy atom. The first-order chi connectivity index (χ1) is 13.2. The standard InChI is InChI=1S/C19H14ClN3O3S/c1-24-15-5-3-2-4-14(15)18-22-23-19(26-18)27-11-17-21-10-16(25-17)12-6-8-13(20)9-7-12/h2-10H,11H2,1H3. The lowest BCUT2D eigenvalue weighted by molar-refractivity contribution is 0.411. The van der Waals surface area contributed by atoms with Crippen molar-refractivity contribution in [1.29, 1.82) is 0 Å². The Labute approximate surface area is 164 Å². The molecule has 0 spiro atoms. The van der Waals surface area contributed by atoms with Crippen LogP contribution in [0.1, 0.15) is 5.89 Å². The molecular weight excluding hydrogens is 386 g/mol. The predicted octanol–water partition coefficient (Wildman–Crippen LogP) is 5.35. The minimum Gasteiger partial charge on any atom is -0.496 e. The van der Waals surface area contributed by atoms with Gasteiger partial charge in [0.25, 0.3) is 11.1 Å². The maximum absolute atomic E-state index is 5.91. The zero-order valence-corrected chi connectivity index (χ0v) is 15.8. The molecule has 4 aromatic rings. The van der Waals surface area contributed by atoms with Gasteiger partial charge in [0.05, 0.1) is 24.6 Å². The number of hydrogen-bond acceptors (Lipinski definition) is 7. The van der Waals surface area contributed by atoms with Gasteiger partial charge in [-0.3, -0.25) is 0 Å². The van der Waals surface area contributed by atoms with E-state index in [-0.39, 0.29) is 0 Å². The summed E-state index contributed by atoms with van der Waals surface area (Å²) in [4.78, 5) is 4.29. The number of methoxy groups -OCH3 is 1. The quantitative estimate of drug-likeness (QED) is 0.405. The summed E-state index contributed by atoms with van der Waals surface area (Å²) in [6, 6.07) is 14.9. The number of aromatic nitrogens is 3. The van der Waals surface area contributed by atoms with Crippen LogP contribution in [-0.2, 0) is 5.75 Å². The van der Waals surface area contributed by atoms with E-state index in [4.69, 9.17) is 25.2 Å². The smallest absolute Gasteiger partial charge is 0.277 e.